The van der Waals surface area contributed by atoms with Crippen molar-refractivity contribution in [3.05, 3.63) is 0 Å². The minimum absolute atomic E-state index is 0.133. The average Bonchev–Trinajstić information content (AvgIpc) is 2.03. The molecular weight excluding hydrogens is 154 g/mol. The van der Waals surface area contributed by atoms with Crippen LogP contribution in [0.5, 0.6) is 0 Å². The minimum atomic E-state index is -0.203. The maximum atomic E-state index is 11.1. The molecule has 1 saturated heterocycles. The van der Waals surface area contributed by atoms with Crippen LogP contribution in [0.2, 0.25) is 0 Å². The lowest BCUT2D eigenvalue weighted by Gasteiger charge is -2.36. The molecule has 1 heterocycles. The van der Waals surface area contributed by atoms with E-state index in [-0.39, 0.29) is 18.1 Å². The lowest BCUT2D eigenvalue weighted by Crippen LogP contribution is -2.46. The fourth-order valence-corrected chi connectivity index (χ4v) is 1.83. The summed E-state index contributed by atoms with van der Waals surface area (Å²) in [5, 5.41) is 9.37. The lowest BCUT2D eigenvalue weighted by atomic mass is 9.97. The molecule has 0 aromatic carbocycles. The molecule has 1 N–H and O–H groups in total. The number of carbonyl (C=O) groups is 1. The van der Waals surface area contributed by atoms with Gasteiger partial charge in [0.05, 0.1) is 6.10 Å². The third kappa shape index (κ3) is 1.97. The average molecular weight is 171 g/mol. The number of nitrogens with zero attached hydrogens (tertiary/aromatic N) is 1. The third-order valence-corrected chi connectivity index (χ3v) is 2.56. The van der Waals surface area contributed by atoms with Gasteiger partial charge < -0.3 is 10.0 Å². The van der Waals surface area contributed by atoms with Crippen LogP contribution in [0.4, 0.5) is 0 Å². The van der Waals surface area contributed by atoms with E-state index in [1.165, 1.54) is 0 Å². The fourth-order valence-electron chi connectivity index (χ4n) is 1.83. The molecule has 0 spiro atoms. The van der Waals surface area contributed by atoms with Crippen molar-refractivity contribution in [1.29, 1.82) is 0 Å². The van der Waals surface area contributed by atoms with Crippen LogP contribution in [-0.4, -0.2) is 34.6 Å². The highest BCUT2D eigenvalue weighted by Crippen LogP contribution is 2.19. The summed E-state index contributed by atoms with van der Waals surface area (Å²) < 4.78 is 0. The van der Waals surface area contributed by atoms with Crippen LogP contribution in [0.1, 0.15) is 33.1 Å². The Balaban J connectivity index is 2.56. The Morgan fingerprint density at radius 3 is 2.83 bits per heavy atom. The fraction of sp³-hybridized carbons (Fsp3) is 0.889. The number of likely N-dealkylation sites (tertiary alicyclic amines) is 1. The number of hydrogen-bond acceptors (Lipinski definition) is 2. The van der Waals surface area contributed by atoms with Crippen LogP contribution in [0, 0.1) is 0 Å². The molecule has 3 nitrogen and oxygen atoms in total. The molecule has 1 aliphatic heterocycles. The van der Waals surface area contributed by atoms with Gasteiger partial charge in [-0.2, -0.15) is 0 Å². The van der Waals surface area contributed by atoms with E-state index in [1.54, 1.807) is 6.92 Å². The quantitative estimate of drug-likeness (QED) is 0.633. The van der Waals surface area contributed by atoms with E-state index in [2.05, 4.69) is 6.92 Å². The van der Waals surface area contributed by atoms with E-state index in [0.29, 0.717) is 0 Å². The molecule has 12 heavy (non-hydrogen) atoms. The van der Waals surface area contributed by atoms with E-state index >= 15 is 0 Å². The van der Waals surface area contributed by atoms with Crippen molar-refractivity contribution in [2.24, 2.45) is 0 Å². The Labute approximate surface area is 73.4 Å². The van der Waals surface area contributed by atoms with Gasteiger partial charge >= 0.3 is 0 Å². The van der Waals surface area contributed by atoms with Crippen molar-refractivity contribution in [3.8, 4) is 0 Å². The normalized spacial score (nSPS) is 30.4. The largest absolute Gasteiger partial charge is 0.393 e. The minimum Gasteiger partial charge on any atom is -0.393 e. The van der Waals surface area contributed by atoms with Crippen molar-refractivity contribution < 1.29 is 9.90 Å². The lowest BCUT2D eigenvalue weighted by molar-refractivity contribution is -0.134. The third-order valence-electron chi connectivity index (χ3n) is 2.56. The Morgan fingerprint density at radius 2 is 2.33 bits per heavy atom. The molecule has 70 valence electrons. The van der Waals surface area contributed by atoms with Crippen molar-refractivity contribution in [2.45, 2.75) is 45.3 Å². The second-order valence-corrected chi connectivity index (χ2v) is 3.45. The number of amides is 1. The Hall–Kier alpha value is -0.570. The predicted molar refractivity (Wildman–Crippen MR) is 46.7 cm³/mol. The number of aliphatic hydroxyl groups is 1. The van der Waals surface area contributed by atoms with Crippen LogP contribution in [0.25, 0.3) is 0 Å². The molecule has 0 aliphatic carbocycles. The van der Waals surface area contributed by atoms with Gasteiger partial charge in [-0.1, -0.05) is 6.92 Å². The summed E-state index contributed by atoms with van der Waals surface area (Å²) in [6, 6.07) is 0.256. The first-order valence-electron chi connectivity index (χ1n) is 4.60. The summed E-state index contributed by atoms with van der Waals surface area (Å²) >= 11 is 0. The summed E-state index contributed by atoms with van der Waals surface area (Å²) in [4.78, 5) is 13.0. The van der Waals surface area contributed by atoms with Gasteiger partial charge in [-0.25, -0.2) is 0 Å². The van der Waals surface area contributed by atoms with Gasteiger partial charge in [0.25, 0.3) is 0 Å². The molecule has 1 amide bonds. The predicted octanol–water partition coefficient (Wildman–Crippen LogP) is 0.768. The Morgan fingerprint density at radius 1 is 1.67 bits per heavy atom. The first kappa shape index (κ1) is 9.52. The standard InChI is InChI=1S/C9H17NO2/c1-3-8-6-9(12)4-5-10(8)7(2)11/h8-9,12H,3-6H2,1-2H3/t8-,9-/m0/s1. The van der Waals surface area contributed by atoms with E-state index < -0.39 is 0 Å². The number of aliphatic hydroxyl groups excluding tert-OH is 1. The van der Waals surface area contributed by atoms with Crippen molar-refractivity contribution in [1.82, 2.24) is 4.90 Å². The molecule has 0 aromatic rings. The van der Waals surface area contributed by atoms with Crippen LogP contribution in [0.3, 0.4) is 0 Å². The molecule has 0 bridgehead atoms. The molecule has 0 radical (unpaired) electrons. The van der Waals surface area contributed by atoms with Gasteiger partial charge in [0.1, 0.15) is 0 Å². The van der Waals surface area contributed by atoms with E-state index in [4.69, 9.17) is 0 Å². The number of rotatable bonds is 1. The maximum absolute atomic E-state index is 11.1. The van der Waals surface area contributed by atoms with E-state index in [0.717, 1.165) is 25.8 Å². The second kappa shape index (κ2) is 3.90. The Bertz CT molecular complexity index is 170. The van der Waals surface area contributed by atoms with E-state index in [1.807, 2.05) is 4.90 Å². The maximum Gasteiger partial charge on any atom is 0.219 e. The SMILES string of the molecule is CC[C@H]1C[C@@H](O)CCN1C(C)=O. The molecule has 2 atom stereocenters. The summed E-state index contributed by atoms with van der Waals surface area (Å²) in [6.07, 6.45) is 2.22. The highest BCUT2D eigenvalue weighted by Gasteiger charge is 2.27. The number of piperidine rings is 1. The smallest absolute Gasteiger partial charge is 0.219 e. The molecule has 1 aliphatic rings. The van der Waals surface area contributed by atoms with Crippen LogP contribution in [0.15, 0.2) is 0 Å². The summed E-state index contributed by atoms with van der Waals surface area (Å²) in [6.45, 7) is 4.37. The van der Waals surface area contributed by atoms with Crippen molar-refractivity contribution >= 4 is 5.91 Å². The summed E-state index contributed by atoms with van der Waals surface area (Å²) in [7, 11) is 0. The molecule has 1 rings (SSSR count). The van der Waals surface area contributed by atoms with Crippen LogP contribution >= 0.6 is 0 Å². The Kier molecular flexibility index (Phi) is 3.09. The van der Waals surface area contributed by atoms with Gasteiger partial charge in [-0.3, -0.25) is 4.79 Å². The van der Waals surface area contributed by atoms with Gasteiger partial charge in [-0.05, 0) is 19.3 Å². The summed E-state index contributed by atoms with van der Waals surface area (Å²) in [5.41, 5.74) is 0. The molecule has 0 saturated carbocycles. The first-order valence-corrected chi connectivity index (χ1v) is 4.60. The molecule has 0 aromatic heterocycles. The van der Waals surface area contributed by atoms with Gasteiger partial charge in [0.15, 0.2) is 0 Å². The van der Waals surface area contributed by atoms with Crippen LogP contribution in [-0.2, 0) is 4.79 Å². The molecule has 0 unspecified atom stereocenters. The zero-order valence-corrected chi connectivity index (χ0v) is 7.79. The molecule has 3 heteroatoms. The zero-order valence-electron chi connectivity index (χ0n) is 7.79. The van der Waals surface area contributed by atoms with Gasteiger partial charge in [0, 0.05) is 19.5 Å². The van der Waals surface area contributed by atoms with Crippen molar-refractivity contribution in [2.75, 3.05) is 6.54 Å². The summed E-state index contributed by atoms with van der Waals surface area (Å²) in [5.74, 6) is 0.133. The topological polar surface area (TPSA) is 40.5 Å². The van der Waals surface area contributed by atoms with Gasteiger partial charge in [0.2, 0.25) is 5.91 Å². The highest BCUT2D eigenvalue weighted by atomic mass is 16.3. The second-order valence-electron chi connectivity index (χ2n) is 3.45. The van der Waals surface area contributed by atoms with Crippen molar-refractivity contribution in [3.63, 3.8) is 0 Å². The monoisotopic (exact) mass is 171 g/mol. The highest BCUT2D eigenvalue weighted by molar-refractivity contribution is 5.73. The van der Waals surface area contributed by atoms with E-state index in [9.17, 15) is 9.90 Å². The zero-order chi connectivity index (χ0) is 9.14. The first-order chi connectivity index (χ1) is 5.65. The van der Waals surface area contributed by atoms with Crippen LogP contribution < -0.4 is 0 Å². The molecular formula is C9H17NO2. The number of hydrogen-bond donors (Lipinski definition) is 1. The molecule has 1 fully saturated rings. The van der Waals surface area contributed by atoms with Gasteiger partial charge in [-0.15, -0.1) is 0 Å². The number of carbonyl (C=O) groups excluding carboxylic acids is 1.